The maximum Gasteiger partial charge on any atom is 0.257 e. The van der Waals surface area contributed by atoms with Gasteiger partial charge in [-0.1, -0.05) is 30.3 Å². The molecule has 1 amide bonds. The highest BCUT2D eigenvalue weighted by molar-refractivity contribution is 5.83. The number of carbonyl (C=O) groups is 1. The molecule has 4 rings (SSSR count). The van der Waals surface area contributed by atoms with Gasteiger partial charge in [0.05, 0.1) is 17.3 Å². The fraction of sp³-hybridized carbons (Fsp3) is 0.136. The summed E-state index contributed by atoms with van der Waals surface area (Å²) in [5, 5.41) is 3.24. The number of imidazole rings is 1. The Balaban J connectivity index is 1.40. The number of amides is 1. The van der Waals surface area contributed by atoms with Gasteiger partial charge in [-0.05, 0) is 17.7 Å². The number of hydrogen-bond donors (Lipinski definition) is 2. The minimum atomic E-state index is -0.231. The molecule has 0 unspecified atom stereocenters. The van der Waals surface area contributed by atoms with Crippen molar-refractivity contribution in [2.24, 2.45) is 0 Å². The Labute approximate surface area is 166 Å². The molecular weight excluding hydrogens is 370 g/mol. The van der Waals surface area contributed by atoms with Crippen LogP contribution in [-0.2, 0) is 11.2 Å². The molecule has 7 heteroatoms. The number of carbonyl (C=O) groups excluding carboxylic acids is 1. The van der Waals surface area contributed by atoms with Gasteiger partial charge in [0, 0.05) is 30.9 Å². The molecule has 0 aliphatic heterocycles. The zero-order valence-electron chi connectivity index (χ0n) is 15.6. The Morgan fingerprint density at radius 2 is 2.03 bits per heavy atom. The van der Waals surface area contributed by atoms with E-state index < -0.39 is 0 Å². The molecule has 2 heterocycles. The highest BCUT2D eigenvalue weighted by Gasteiger charge is 2.10. The maximum absolute atomic E-state index is 12.8. The van der Waals surface area contributed by atoms with E-state index in [1.807, 2.05) is 30.3 Å². The Morgan fingerprint density at radius 1 is 1.17 bits per heavy atom. The zero-order valence-corrected chi connectivity index (χ0v) is 15.6. The highest BCUT2D eigenvalue weighted by atomic mass is 16.5. The van der Waals surface area contributed by atoms with Gasteiger partial charge in [0.15, 0.2) is 12.0 Å². The lowest BCUT2D eigenvalue weighted by molar-refractivity contribution is -0.123. The lowest BCUT2D eigenvalue weighted by Gasteiger charge is -2.08. The lowest BCUT2D eigenvalue weighted by atomic mass is 10.1. The molecular formula is C22H19N3O4. The van der Waals surface area contributed by atoms with Gasteiger partial charge in [0.2, 0.25) is 0 Å². The van der Waals surface area contributed by atoms with Crippen LogP contribution in [-0.4, -0.2) is 29.0 Å². The molecule has 0 bridgehead atoms. The monoisotopic (exact) mass is 389 g/mol. The van der Waals surface area contributed by atoms with Gasteiger partial charge in [0.25, 0.3) is 5.91 Å². The first kappa shape index (κ1) is 18.5. The third kappa shape index (κ3) is 4.35. The van der Waals surface area contributed by atoms with E-state index in [1.54, 1.807) is 30.7 Å². The molecule has 0 saturated carbocycles. The summed E-state index contributed by atoms with van der Waals surface area (Å²) in [7, 11) is 0. The molecule has 0 spiro atoms. The van der Waals surface area contributed by atoms with E-state index >= 15 is 0 Å². The summed E-state index contributed by atoms with van der Waals surface area (Å²) in [6.45, 7) is 0.361. The summed E-state index contributed by atoms with van der Waals surface area (Å²) >= 11 is 0. The van der Waals surface area contributed by atoms with Gasteiger partial charge in [0.1, 0.15) is 17.6 Å². The molecule has 4 aromatic rings. The van der Waals surface area contributed by atoms with Crippen molar-refractivity contribution in [2.45, 2.75) is 6.42 Å². The van der Waals surface area contributed by atoms with Crippen molar-refractivity contribution in [3.63, 3.8) is 0 Å². The molecule has 0 aliphatic carbocycles. The topological polar surface area (TPSA) is 97.2 Å². The van der Waals surface area contributed by atoms with Gasteiger partial charge in [-0.15, -0.1) is 0 Å². The number of hydrogen-bond acceptors (Lipinski definition) is 5. The fourth-order valence-corrected chi connectivity index (χ4v) is 2.97. The van der Waals surface area contributed by atoms with Crippen LogP contribution >= 0.6 is 0 Å². The van der Waals surface area contributed by atoms with Gasteiger partial charge in [-0.3, -0.25) is 9.59 Å². The van der Waals surface area contributed by atoms with Crippen LogP contribution in [0.3, 0.4) is 0 Å². The summed E-state index contributed by atoms with van der Waals surface area (Å²) in [5.41, 5.74) is 2.55. The Morgan fingerprint density at radius 3 is 2.83 bits per heavy atom. The maximum atomic E-state index is 12.8. The van der Waals surface area contributed by atoms with Gasteiger partial charge < -0.3 is 19.5 Å². The lowest BCUT2D eigenvalue weighted by Crippen LogP contribution is -2.30. The van der Waals surface area contributed by atoms with Crippen molar-refractivity contribution in [3.8, 4) is 16.9 Å². The first-order valence-corrected chi connectivity index (χ1v) is 9.18. The smallest absolute Gasteiger partial charge is 0.257 e. The van der Waals surface area contributed by atoms with Crippen LogP contribution in [0.4, 0.5) is 0 Å². The largest absolute Gasteiger partial charge is 0.484 e. The van der Waals surface area contributed by atoms with Gasteiger partial charge in [-0.25, -0.2) is 4.98 Å². The second-order valence-electron chi connectivity index (χ2n) is 6.47. The number of aromatic amines is 1. The van der Waals surface area contributed by atoms with E-state index in [2.05, 4.69) is 15.3 Å². The number of nitrogens with one attached hydrogen (secondary N) is 2. The van der Waals surface area contributed by atoms with Crippen LogP contribution in [0.5, 0.6) is 5.75 Å². The minimum Gasteiger partial charge on any atom is -0.484 e. The molecule has 2 aromatic carbocycles. The van der Waals surface area contributed by atoms with Crippen molar-refractivity contribution in [1.29, 1.82) is 0 Å². The number of rotatable bonds is 7. The number of fused-ring (bicyclic) bond motifs is 1. The van der Waals surface area contributed by atoms with E-state index in [4.69, 9.17) is 9.15 Å². The average Bonchev–Trinajstić information content (AvgIpc) is 3.27. The number of H-pyrrole nitrogens is 1. The van der Waals surface area contributed by atoms with E-state index in [9.17, 15) is 9.59 Å². The first-order chi connectivity index (χ1) is 14.2. The molecule has 0 atom stereocenters. The number of nitrogens with zero attached hydrogens (tertiary/aromatic N) is 1. The molecule has 146 valence electrons. The first-order valence-electron chi connectivity index (χ1n) is 9.18. The Kier molecular flexibility index (Phi) is 5.38. The van der Waals surface area contributed by atoms with E-state index in [-0.39, 0.29) is 17.9 Å². The van der Waals surface area contributed by atoms with Gasteiger partial charge in [-0.2, -0.15) is 0 Å². The third-order valence-electron chi connectivity index (χ3n) is 4.47. The quantitative estimate of drug-likeness (QED) is 0.507. The van der Waals surface area contributed by atoms with Gasteiger partial charge >= 0.3 is 0 Å². The van der Waals surface area contributed by atoms with Crippen molar-refractivity contribution in [1.82, 2.24) is 15.3 Å². The van der Waals surface area contributed by atoms with Crippen LogP contribution in [0, 0.1) is 0 Å². The number of ether oxygens (including phenoxy) is 1. The van der Waals surface area contributed by atoms with E-state index in [1.165, 1.54) is 6.26 Å². The summed E-state index contributed by atoms with van der Waals surface area (Å²) in [4.78, 5) is 31.6. The summed E-state index contributed by atoms with van der Waals surface area (Å²) in [5.74, 6) is 0.224. The highest BCUT2D eigenvalue weighted by Crippen LogP contribution is 2.23. The number of benzene rings is 2. The predicted molar refractivity (Wildman–Crippen MR) is 109 cm³/mol. The normalized spacial score (nSPS) is 10.8. The molecule has 0 aliphatic rings. The summed E-state index contributed by atoms with van der Waals surface area (Å²) in [6.07, 6.45) is 5.43. The molecule has 7 nitrogen and oxygen atoms in total. The second kappa shape index (κ2) is 8.43. The minimum absolute atomic E-state index is 0.111. The van der Waals surface area contributed by atoms with Crippen LogP contribution in [0.1, 0.15) is 5.69 Å². The van der Waals surface area contributed by atoms with Crippen LogP contribution in [0.15, 0.2) is 76.5 Å². The Bertz CT molecular complexity index is 1170. The van der Waals surface area contributed by atoms with Crippen molar-refractivity contribution in [3.05, 3.63) is 83.2 Å². The van der Waals surface area contributed by atoms with Crippen molar-refractivity contribution in [2.75, 3.05) is 13.2 Å². The molecule has 0 saturated heterocycles. The fourth-order valence-electron chi connectivity index (χ4n) is 2.97. The predicted octanol–water partition coefficient (Wildman–Crippen LogP) is 2.92. The molecule has 0 radical (unpaired) electrons. The van der Waals surface area contributed by atoms with Crippen LogP contribution < -0.4 is 15.5 Å². The zero-order chi connectivity index (χ0) is 20.1. The second-order valence-corrected chi connectivity index (χ2v) is 6.47. The molecule has 2 N–H and O–H groups in total. The van der Waals surface area contributed by atoms with Crippen LogP contribution in [0.2, 0.25) is 0 Å². The number of aromatic nitrogens is 2. The third-order valence-corrected chi connectivity index (χ3v) is 4.47. The van der Waals surface area contributed by atoms with E-state index in [0.29, 0.717) is 35.2 Å². The molecule has 0 fully saturated rings. The van der Waals surface area contributed by atoms with E-state index in [0.717, 1.165) is 11.3 Å². The standard InChI is InChI=1S/C22H19N3O4/c26-21(24-9-8-16-11-23-14-25-16)13-28-17-6-7-18-20(10-17)29-12-19(22(18)27)15-4-2-1-3-5-15/h1-7,10-12,14H,8-9,13H2,(H,23,25)(H,24,26). The molecule has 29 heavy (non-hydrogen) atoms. The SMILES string of the molecule is O=C(COc1ccc2c(=O)c(-c3ccccc3)coc2c1)NCCc1cnc[nH]1. The average molecular weight is 389 g/mol. The van der Waals surface area contributed by atoms with Crippen LogP contribution in [0.25, 0.3) is 22.1 Å². The molecule has 2 aromatic heterocycles. The summed E-state index contributed by atoms with van der Waals surface area (Å²) in [6, 6.07) is 14.3. The van der Waals surface area contributed by atoms with Crippen molar-refractivity contribution >= 4 is 16.9 Å². The Hall–Kier alpha value is -3.87. The summed E-state index contributed by atoms with van der Waals surface area (Å²) < 4.78 is 11.2. The van der Waals surface area contributed by atoms with Crippen molar-refractivity contribution < 1.29 is 13.9 Å².